The molecular formula is C24H33N3. The molecule has 0 saturated carbocycles. The fourth-order valence-corrected chi connectivity index (χ4v) is 3.86. The summed E-state index contributed by atoms with van der Waals surface area (Å²) in [6.07, 6.45) is 4.71. The van der Waals surface area contributed by atoms with E-state index in [1.807, 2.05) is 0 Å². The van der Waals surface area contributed by atoms with Gasteiger partial charge < -0.3 is 16.4 Å². The van der Waals surface area contributed by atoms with E-state index < -0.39 is 0 Å². The van der Waals surface area contributed by atoms with Crippen molar-refractivity contribution in [2.24, 2.45) is 5.73 Å². The van der Waals surface area contributed by atoms with Gasteiger partial charge in [0.1, 0.15) is 0 Å². The molecular weight excluding hydrogens is 330 g/mol. The third kappa shape index (κ3) is 5.07. The van der Waals surface area contributed by atoms with Crippen molar-refractivity contribution >= 4 is 21.5 Å². The minimum Gasteiger partial charge on any atom is -0.330 e. The molecule has 0 aliphatic rings. The van der Waals surface area contributed by atoms with Gasteiger partial charge in [-0.3, -0.25) is 0 Å². The number of benzene rings is 3. The molecule has 3 nitrogen and oxygen atoms in total. The number of hydrogen-bond donors (Lipinski definition) is 3. The first-order valence-corrected chi connectivity index (χ1v) is 10.3. The van der Waals surface area contributed by atoms with Crippen molar-refractivity contribution in [1.29, 1.82) is 0 Å². The lowest BCUT2D eigenvalue weighted by Crippen LogP contribution is -2.20. The summed E-state index contributed by atoms with van der Waals surface area (Å²) < 4.78 is 0. The van der Waals surface area contributed by atoms with E-state index in [-0.39, 0.29) is 0 Å². The van der Waals surface area contributed by atoms with Crippen LogP contribution in [0.25, 0.3) is 21.5 Å². The molecule has 3 rings (SSSR count). The molecule has 0 aliphatic heterocycles. The van der Waals surface area contributed by atoms with E-state index in [1.165, 1.54) is 51.9 Å². The molecule has 0 amide bonds. The molecule has 4 N–H and O–H groups in total. The maximum absolute atomic E-state index is 5.51. The number of fused-ring (bicyclic) bond motifs is 2. The van der Waals surface area contributed by atoms with Crippen molar-refractivity contribution in [2.75, 3.05) is 26.2 Å². The first-order valence-electron chi connectivity index (χ1n) is 10.3. The number of nitrogens with two attached hydrogens (primary N) is 1. The second kappa shape index (κ2) is 10.4. The maximum atomic E-state index is 5.51. The molecule has 0 atom stereocenters. The van der Waals surface area contributed by atoms with Gasteiger partial charge in [-0.05, 0) is 91.5 Å². The zero-order chi connectivity index (χ0) is 18.9. The number of nitrogens with one attached hydrogen (secondary N) is 2. The molecule has 144 valence electrons. The van der Waals surface area contributed by atoms with Crippen LogP contribution in [0.2, 0.25) is 0 Å². The van der Waals surface area contributed by atoms with Crippen molar-refractivity contribution < 1.29 is 0 Å². The van der Waals surface area contributed by atoms with Crippen LogP contribution in [0.3, 0.4) is 0 Å². The minimum absolute atomic E-state index is 0.800. The quantitative estimate of drug-likeness (QED) is 0.347. The Morgan fingerprint density at radius 1 is 0.667 bits per heavy atom. The van der Waals surface area contributed by atoms with Crippen LogP contribution in [0.1, 0.15) is 36.8 Å². The molecule has 3 heteroatoms. The smallest absolute Gasteiger partial charge is 0.0217 e. The Hall–Kier alpha value is -1.94. The Balaban J connectivity index is 1.58. The largest absolute Gasteiger partial charge is 0.330 e. The molecule has 0 spiro atoms. The highest BCUT2D eigenvalue weighted by atomic mass is 14.9. The Morgan fingerprint density at radius 2 is 1.15 bits per heavy atom. The third-order valence-corrected chi connectivity index (χ3v) is 5.38. The number of hydrogen-bond acceptors (Lipinski definition) is 3. The van der Waals surface area contributed by atoms with Gasteiger partial charge in [-0.1, -0.05) is 48.5 Å². The van der Waals surface area contributed by atoms with Gasteiger partial charge in [-0.2, -0.15) is 0 Å². The third-order valence-electron chi connectivity index (χ3n) is 5.38. The monoisotopic (exact) mass is 363 g/mol. The summed E-state index contributed by atoms with van der Waals surface area (Å²) in [5.74, 6) is 0. The normalized spacial score (nSPS) is 11.5. The second-order valence-electron chi connectivity index (χ2n) is 7.32. The Labute approximate surface area is 163 Å². The molecule has 3 aromatic carbocycles. The molecule has 27 heavy (non-hydrogen) atoms. The van der Waals surface area contributed by atoms with Gasteiger partial charge >= 0.3 is 0 Å². The average Bonchev–Trinajstić information content (AvgIpc) is 2.71. The van der Waals surface area contributed by atoms with Gasteiger partial charge in [0, 0.05) is 6.54 Å². The van der Waals surface area contributed by atoms with Crippen LogP contribution >= 0.6 is 0 Å². The fourth-order valence-electron chi connectivity index (χ4n) is 3.86. The van der Waals surface area contributed by atoms with Crippen molar-refractivity contribution in [2.45, 2.75) is 39.2 Å². The molecule has 0 aliphatic carbocycles. The lowest BCUT2D eigenvalue weighted by Gasteiger charge is -2.15. The van der Waals surface area contributed by atoms with Crippen LogP contribution in [0.4, 0.5) is 0 Å². The van der Waals surface area contributed by atoms with Crippen LogP contribution in [-0.2, 0) is 6.54 Å². The van der Waals surface area contributed by atoms with E-state index in [4.69, 9.17) is 5.73 Å². The highest BCUT2D eigenvalue weighted by molar-refractivity contribution is 6.05. The summed E-state index contributed by atoms with van der Waals surface area (Å²) in [6.45, 7) is 7.21. The fraction of sp³-hybridized carbons (Fsp3) is 0.417. The highest BCUT2D eigenvalue weighted by Gasteiger charge is 2.10. The SMILES string of the molecule is Cc1c2ccccc2c(CNCCCCNCCCCN)c2ccccc12. The summed E-state index contributed by atoms with van der Waals surface area (Å²) in [6, 6.07) is 17.6. The molecule has 3 aromatic rings. The summed E-state index contributed by atoms with van der Waals surface area (Å²) in [4.78, 5) is 0. The Morgan fingerprint density at radius 3 is 1.70 bits per heavy atom. The predicted octanol–water partition coefficient (Wildman–Crippen LogP) is 4.50. The van der Waals surface area contributed by atoms with Gasteiger partial charge in [0.15, 0.2) is 0 Å². The zero-order valence-electron chi connectivity index (χ0n) is 16.6. The molecule has 0 bridgehead atoms. The van der Waals surface area contributed by atoms with Crippen molar-refractivity contribution in [3.63, 3.8) is 0 Å². The molecule has 0 saturated heterocycles. The first kappa shape index (κ1) is 19.8. The Kier molecular flexibility index (Phi) is 7.64. The lowest BCUT2D eigenvalue weighted by atomic mass is 9.92. The van der Waals surface area contributed by atoms with Gasteiger partial charge in [-0.25, -0.2) is 0 Å². The standard InChI is InChI=1S/C24H33N3/c1-19-20-10-2-4-12-22(20)24(23-13-5-3-11-21(19)23)18-27-17-9-8-16-26-15-7-6-14-25/h2-5,10-13,26-27H,6-9,14-18,25H2,1H3. The molecule has 0 fully saturated rings. The minimum atomic E-state index is 0.800. The van der Waals surface area contributed by atoms with Crippen LogP contribution in [0.5, 0.6) is 0 Å². The summed E-state index contributed by atoms with van der Waals surface area (Å²) in [5.41, 5.74) is 8.32. The first-order chi connectivity index (χ1) is 13.3. The van der Waals surface area contributed by atoms with E-state index in [9.17, 15) is 0 Å². The predicted molar refractivity (Wildman–Crippen MR) is 118 cm³/mol. The summed E-state index contributed by atoms with van der Waals surface area (Å²) >= 11 is 0. The van der Waals surface area contributed by atoms with E-state index in [0.29, 0.717) is 0 Å². The number of aryl methyl sites for hydroxylation is 1. The zero-order valence-corrected chi connectivity index (χ0v) is 16.6. The van der Waals surface area contributed by atoms with Gasteiger partial charge in [0.25, 0.3) is 0 Å². The lowest BCUT2D eigenvalue weighted by molar-refractivity contribution is 0.569. The summed E-state index contributed by atoms with van der Waals surface area (Å²) in [5, 5.41) is 12.7. The molecule has 0 aromatic heterocycles. The maximum Gasteiger partial charge on any atom is 0.0217 e. The van der Waals surface area contributed by atoms with E-state index >= 15 is 0 Å². The van der Waals surface area contributed by atoms with Crippen molar-refractivity contribution in [1.82, 2.24) is 10.6 Å². The van der Waals surface area contributed by atoms with E-state index in [2.05, 4.69) is 66.1 Å². The number of unbranched alkanes of at least 4 members (excludes halogenated alkanes) is 2. The van der Waals surface area contributed by atoms with E-state index in [0.717, 1.165) is 39.1 Å². The molecule has 0 unspecified atom stereocenters. The van der Waals surface area contributed by atoms with Crippen LogP contribution < -0.4 is 16.4 Å². The van der Waals surface area contributed by atoms with Gasteiger partial charge in [0.05, 0.1) is 0 Å². The summed E-state index contributed by atoms with van der Waals surface area (Å²) in [7, 11) is 0. The second-order valence-corrected chi connectivity index (χ2v) is 7.32. The average molecular weight is 364 g/mol. The topological polar surface area (TPSA) is 50.1 Å². The van der Waals surface area contributed by atoms with E-state index in [1.54, 1.807) is 0 Å². The molecule has 0 heterocycles. The van der Waals surface area contributed by atoms with Crippen LogP contribution in [-0.4, -0.2) is 26.2 Å². The van der Waals surface area contributed by atoms with Crippen molar-refractivity contribution in [3.8, 4) is 0 Å². The van der Waals surface area contributed by atoms with Crippen LogP contribution in [0, 0.1) is 6.92 Å². The Bertz CT molecular complexity index is 800. The molecule has 0 radical (unpaired) electrons. The van der Waals surface area contributed by atoms with Crippen molar-refractivity contribution in [3.05, 3.63) is 59.7 Å². The van der Waals surface area contributed by atoms with Crippen LogP contribution in [0.15, 0.2) is 48.5 Å². The van der Waals surface area contributed by atoms with Gasteiger partial charge in [-0.15, -0.1) is 0 Å². The highest BCUT2D eigenvalue weighted by Crippen LogP contribution is 2.32. The van der Waals surface area contributed by atoms with Gasteiger partial charge in [0.2, 0.25) is 0 Å². The number of rotatable bonds is 11.